The van der Waals surface area contributed by atoms with Gasteiger partial charge >= 0.3 is 0 Å². The van der Waals surface area contributed by atoms with Gasteiger partial charge in [0.05, 0.1) is 17.2 Å². The molecular weight excluding hydrogens is 542 g/mol. The Labute approximate surface area is 238 Å². The van der Waals surface area contributed by atoms with E-state index in [0.717, 1.165) is 37.4 Å². The van der Waals surface area contributed by atoms with Crippen LogP contribution in [0.3, 0.4) is 0 Å². The standard InChI is InChI=1S/C28H29N3O4S2.ClH/c1-3-30(4-2)16-5-17-34-22-12-10-21(11-13-22)31-27(33)25(37-28(31)36)18-23-14-15-24(35-23)19-6-8-20(9-7-19)26(29)32;/h6-15,18H,3-5,16-17H2,1-2H3,(H2,29,32);1H. The summed E-state index contributed by atoms with van der Waals surface area (Å²) in [5.74, 6) is 1.22. The van der Waals surface area contributed by atoms with Gasteiger partial charge in [-0.3, -0.25) is 14.5 Å². The smallest absolute Gasteiger partial charge is 0.270 e. The van der Waals surface area contributed by atoms with E-state index in [4.69, 9.17) is 27.1 Å². The molecule has 3 aromatic rings. The van der Waals surface area contributed by atoms with Crippen LogP contribution >= 0.6 is 36.4 Å². The molecular formula is C28H30ClN3O4S2. The van der Waals surface area contributed by atoms with Crippen molar-refractivity contribution in [1.82, 2.24) is 4.90 Å². The summed E-state index contributed by atoms with van der Waals surface area (Å²) in [6.07, 6.45) is 2.64. The number of amides is 2. The van der Waals surface area contributed by atoms with Gasteiger partial charge in [0.2, 0.25) is 5.91 Å². The minimum Gasteiger partial charge on any atom is -0.494 e. The molecule has 2 aromatic carbocycles. The van der Waals surface area contributed by atoms with Gasteiger partial charge in [-0.15, -0.1) is 12.4 Å². The maximum absolute atomic E-state index is 13.1. The number of nitrogens with two attached hydrogens (primary N) is 1. The number of thiocarbonyl (C=S) groups is 1. The quantitative estimate of drug-likeness (QED) is 0.172. The first kappa shape index (κ1) is 29.4. The third-order valence-electron chi connectivity index (χ3n) is 6.02. The van der Waals surface area contributed by atoms with Gasteiger partial charge in [0.15, 0.2) is 4.32 Å². The van der Waals surface area contributed by atoms with Gasteiger partial charge in [0.1, 0.15) is 17.3 Å². The molecule has 10 heteroatoms. The van der Waals surface area contributed by atoms with E-state index >= 15 is 0 Å². The van der Waals surface area contributed by atoms with E-state index in [1.165, 1.54) is 16.7 Å². The van der Waals surface area contributed by atoms with E-state index < -0.39 is 5.91 Å². The Kier molecular flexibility index (Phi) is 10.6. The molecule has 4 rings (SSSR count). The molecule has 2 amide bonds. The van der Waals surface area contributed by atoms with Gasteiger partial charge in [-0.2, -0.15) is 0 Å². The number of rotatable bonds is 11. The Morgan fingerprint density at radius 2 is 1.76 bits per heavy atom. The number of anilines is 1. The number of hydrogen-bond donors (Lipinski definition) is 1. The van der Waals surface area contributed by atoms with Crippen LogP contribution in [0.5, 0.6) is 5.75 Å². The molecule has 1 aliphatic rings. The summed E-state index contributed by atoms with van der Waals surface area (Å²) < 4.78 is 12.2. The number of ether oxygens (including phenoxy) is 1. The van der Waals surface area contributed by atoms with Crippen LogP contribution in [0.15, 0.2) is 70.0 Å². The molecule has 7 nitrogen and oxygen atoms in total. The molecule has 2 N–H and O–H groups in total. The highest BCUT2D eigenvalue weighted by atomic mass is 35.5. The number of carbonyl (C=O) groups excluding carboxylic acids is 2. The van der Waals surface area contributed by atoms with Crippen LogP contribution in [-0.2, 0) is 4.79 Å². The summed E-state index contributed by atoms with van der Waals surface area (Å²) in [4.78, 5) is 28.8. The van der Waals surface area contributed by atoms with Crippen LogP contribution < -0.4 is 15.4 Å². The lowest BCUT2D eigenvalue weighted by molar-refractivity contribution is -0.113. The summed E-state index contributed by atoms with van der Waals surface area (Å²) in [6, 6.07) is 17.8. The number of hydrogen-bond acceptors (Lipinski definition) is 7. The number of furan rings is 1. The van der Waals surface area contributed by atoms with E-state index in [-0.39, 0.29) is 18.3 Å². The average Bonchev–Trinajstić information content (AvgIpc) is 3.48. The zero-order valence-corrected chi connectivity index (χ0v) is 23.7. The number of thioether (sulfide) groups is 1. The van der Waals surface area contributed by atoms with Crippen molar-refractivity contribution in [2.75, 3.05) is 31.1 Å². The van der Waals surface area contributed by atoms with Crippen LogP contribution in [0.1, 0.15) is 36.4 Å². The Morgan fingerprint density at radius 1 is 1.08 bits per heavy atom. The molecule has 0 unspecified atom stereocenters. The monoisotopic (exact) mass is 571 g/mol. The number of carbonyl (C=O) groups is 2. The summed E-state index contributed by atoms with van der Waals surface area (Å²) in [7, 11) is 0. The number of halogens is 1. The van der Waals surface area contributed by atoms with E-state index in [2.05, 4.69) is 18.7 Å². The highest BCUT2D eigenvalue weighted by Gasteiger charge is 2.33. The molecule has 0 aliphatic carbocycles. The van der Waals surface area contributed by atoms with Gasteiger partial charge in [0, 0.05) is 23.7 Å². The van der Waals surface area contributed by atoms with E-state index in [1.54, 1.807) is 36.4 Å². The predicted molar refractivity (Wildman–Crippen MR) is 160 cm³/mol. The van der Waals surface area contributed by atoms with Crippen molar-refractivity contribution in [3.05, 3.63) is 76.9 Å². The lowest BCUT2D eigenvalue weighted by Crippen LogP contribution is -2.27. The van der Waals surface area contributed by atoms with Crippen LogP contribution in [-0.4, -0.2) is 47.3 Å². The lowest BCUT2D eigenvalue weighted by Gasteiger charge is -2.18. The third kappa shape index (κ3) is 7.05. The maximum Gasteiger partial charge on any atom is 0.270 e. The minimum absolute atomic E-state index is 0. The zero-order chi connectivity index (χ0) is 26.4. The van der Waals surface area contributed by atoms with E-state index in [9.17, 15) is 9.59 Å². The van der Waals surface area contributed by atoms with Gasteiger partial charge in [-0.05, 0) is 68.0 Å². The molecule has 200 valence electrons. The minimum atomic E-state index is -0.484. The van der Waals surface area contributed by atoms with Gasteiger partial charge in [0.25, 0.3) is 5.91 Å². The largest absolute Gasteiger partial charge is 0.494 e. The summed E-state index contributed by atoms with van der Waals surface area (Å²) in [6.45, 7) is 8.04. The Morgan fingerprint density at radius 3 is 2.39 bits per heavy atom. The summed E-state index contributed by atoms with van der Waals surface area (Å²) in [5, 5.41) is 0. The fourth-order valence-corrected chi connectivity index (χ4v) is 5.19. The van der Waals surface area contributed by atoms with Crippen LogP contribution in [0, 0.1) is 0 Å². The van der Waals surface area contributed by atoms with Crippen molar-refractivity contribution < 1.29 is 18.7 Å². The normalized spacial score (nSPS) is 14.3. The molecule has 0 saturated carbocycles. The van der Waals surface area contributed by atoms with Crippen molar-refractivity contribution in [2.24, 2.45) is 5.73 Å². The van der Waals surface area contributed by atoms with Gasteiger partial charge < -0.3 is 19.8 Å². The highest BCUT2D eigenvalue weighted by Crippen LogP contribution is 2.37. The molecule has 2 heterocycles. The zero-order valence-electron chi connectivity index (χ0n) is 21.2. The van der Waals surface area contributed by atoms with Gasteiger partial charge in [-0.25, -0.2) is 0 Å². The molecule has 0 atom stereocenters. The average molecular weight is 572 g/mol. The van der Waals surface area contributed by atoms with E-state index in [0.29, 0.717) is 38.6 Å². The molecule has 1 aromatic heterocycles. The maximum atomic E-state index is 13.1. The fourth-order valence-electron chi connectivity index (χ4n) is 3.91. The molecule has 38 heavy (non-hydrogen) atoms. The number of benzene rings is 2. The van der Waals surface area contributed by atoms with Crippen LogP contribution in [0.4, 0.5) is 5.69 Å². The summed E-state index contributed by atoms with van der Waals surface area (Å²) >= 11 is 6.73. The first-order valence-corrected chi connectivity index (χ1v) is 13.3. The first-order chi connectivity index (χ1) is 17.9. The molecule has 1 aliphatic heterocycles. The van der Waals surface area contributed by atoms with Crippen LogP contribution in [0.25, 0.3) is 17.4 Å². The Balaban J connectivity index is 0.00000400. The Hall–Kier alpha value is -3.11. The number of nitrogens with zero attached hydrogens (tertiary/aromatic N) is 2. The highest BCUT2D eigenvalue weighted by molar-refractivity contribution is 8.27. The number of primary amides is 1. The fraction of sp³-hybridized carbons (Fsp3) is 0.250. The molecule has 1 fully saturated rings. The SMILES string of the molecule is CCN(CC)CCCOc1ccc(N2C(=O)C(=Cc3ccc(-c4ccc(C(N)=O)cc4)o3)SC2=S)cc1.Cl. The molecule has 0 spiro atoms. The van der Waals surface area contributed by atoms with Crippen molar-refractivity contribution in [2.45, 2.75) is 20.3 Å². The van der Waals surface area contributed by atoms with Crippen molar-refractivity contribution in [3.63, 3.8) is 0 Å². The predicted octanol–water partition coefficient (Wildman–Crippen LogP) is 5.98. The second kappa shape index (κ2) is 13.6. The molecule has 1 saturated heterocycles. The third-order valence-corrected chi connectivity index (χ3v) is 7.33. The van der Waals surface area contributed by atoms with Crippen molar-refractivity contribution in [1.29, 1.82) is 0 Å². The lowest BCUT2D eigenvalue weighted by atomic mass is 10.1. The molecule has 0 radical (unpaired) electrons. The van der Waals surface area contributed by atoms with E-state index in [1.807, 2.05) is 30.3 Å². The Bertz CT molecular complexity index is 1300. The van der Waals surface area contributed by atoms with Crippen molar-refractivity contribution >= 4 is 64.3 Å². The van der Waals surface area contributed by atoms with Crippen molar-refractivity contribution in [3.8, 4) is 17.1 Å². The topological polar surface area (TPSA) is 89.0 Å². The summed E-state index contributed by atoms with van der Waals surface area (Å²) in [5.41, 5.74) is 7.21. The second-order valence-electron chi connectivity index (χ2n) is 8.38. The second-order valence-corrected chi connectivity index (χ2v) is 10.1. The first-order valence-electron chi connectivity index (χ1n) is 12.1. The molecule has 0 bridgehead atoms. The van der Waals surface area contributed by atoms with Crippen LogP contribution in [0.2, 0.25) is 0 Å². The van der Waals surface area contributed by atoms with Gasteiger partial charge in [-0.1, -0.05) is 50.0 Å².